The van der Waals surface area contributed by atoms with Gasteiger partial charge in [-0.15, -0.1) is 0 Å². The van der Waals surface area contributed by atoms with Gasteiger partial charge in [0.05, 0.1) is 0 Å². The van der Waals surface area contributed by atoms with Gasteiger partial charge in [-0.1, -0.05) is 17.7 Å². The van der Waals surface area contributed by atoms with E-state index in [-0.39, 0.29) is 5.91 Å². The first-order chi connectivity index (χ1) is 8.04. The molecule has 0 atom stereocenters. The number of carbonyl (C=O) groups is 1. The zero-order valence-electron chi connectivity index (χ0n) is 10.9. The Morgan fingerprint density at radius 1 is 1.18 bits per heavy atom. The molecule has 0 N–H and O–H groups in total. The molecule has 0 aliphatic heterocycles. The van der Waals surface area contributed by atoms with Crippen LogP contribution in [0.2, 0.25) is 0 Å². The number of aryl methyl sites for hydroxylation is 1. The molecule has 0 aliphatic rings. The Kier molecular flexibility index (Phi) is 5.16. The van der Waals surface area contributed by atoms with Gasteiger partial charge in [-0.3, -0.25) is 4.79 Å². The van der Waals surface area contributed by atoms with E-state index in [1.807, 2.05) is 45.3 Å². The summed E-state index contributed by atoms with van der Waals surface area (Å²) in [6.07, 6.45) is 0.293. The van der Waals surface area contributed by atoms with Gasteiger partial charge < -0.3 is 9.80 Å². The van der Waals surface area contributed by atoms with Gasteiger partial charge in [0.25, 0.3) is 0 Å². The SMILES string of the molecule is [CH2]CC(=O)N(CCN(C)C)c1ccc(C)cc1. The second-order valence-electron chi connectivity index (χ2n) is 4.43. The molecule has 0 bridgehead atoms. The van der Waals surface area contributed by atoms with Crippen molar-refractivity contribution in [2.45, 2.75) is 13.3 Å². The zero-order chi connectivity index (χ0) is 12.8. The van der Waals surface area contributed by atoms with Crippen LogP contribution in [0.3, 0.4) is 0 Å². The summed E-state index contributed by atoms with van der Waals surface area (Å²) >= 11 is 0. The first-order valence-electron chi connectivity index (χ1n) is 5.85. The fourth-order valence-corrected chi connectivity index (χ4v) is 1.56. The molecule has 3 heteroatoms. The van der Waals surface area contributed by atoms with Crippen LogP contribution in [0.4, 0.5) is 5.69 Å². The normalized spacial score (nSPS) is 10.6. The predicted octanol–water partition coefficient (Wildman–Crippen LogP) is 2.11. The molecule has 0 aromatic heterocycles. The van der Waals surface area contributed by atoms with Crippen LogP contribution in [0.25, 0.3) is 0 Å². The molecule has 0 saturated heterocycles. The third-order valence-electron chi connectivity index (χ3n) is 2.63. The molecule has 0 heterocycles. The average Bonchev–Trinajstić information content (AvgIpc) is 2.30. The van der Waals surface area contributed by atoms with Crippen molar-refractivity contribution in [2.75, 3.05) is 32.1 Å². The quantitative estimate of drug-likeness (QED) is 0.777. The van der Waals surface area contributed by atoms with Crippen LogP contribution >= 0.6 is 0 Å². The molecule has 1 amide bonds. The monoisotopic (exact) mass is 233 g/mol. The Balaban J connectivity index is 2.82. The van der Waals surface area contributed by atoms with Gasteiger partial charge >= 0.3 is 0 Å². The number of benzene rings is 1. The van der Waals surface area contributed by atoms with Crippen molar-refractivity contribution in [3.05, 3.63) is 36.8 Å². The molecule has 17 heavy (non-hydrogen) atoms. The Labute approximate surface area is 104 Å². The van der Waals surface area contributed by atoms with Crippen molar-refractivity contribution in [3.63, 3.8) is 0 Å². The summed E-state index contributed by atoms with van der Waals surface area (Å²) in [7, 11) is 4.00. The molecule has 1 rings (SSSR count). The number of carbonyl (C=O) groups excluding carboxylic acids is 1. The second-order valence-corrected chi connectivity index (χ2v) is 4.43. The highest BCUT2D eigenvalue weighted by atomic mass is 16.2. The minimum absolute atomic E-state index is 0.0655. The molecule has 0 fully saturated rings. The van der Waals surface area contributed by atoms with Crippen LogP contribution in [0.15, 0.2) is 24.3 Å². The van der Waals surface area contributed by atoms with E-state index in [0.29, 0.717) is 13.0 Å². The maximum atomic E-state index is 11.9. The van der Waals surface area contributed by atoms with Crippen LogP contribution in [0.1, 0.15) is 12.0 Å². The van der Waals surface area contributed by atoms with Gasteiger partial charge in [-0.05, 0) is 40.1 Å². The first kappa shape index (κ1) is 13.7. The highest BCUT2D eigenvalue weighted by molar-refractivity contribution is 5.93. The number of nitrogens with zero attached hydrogens (tertiary/aromatic N) is 2. The second kappa shape index (κ2) is 6.40. The van der Waals surface area contributed by atoms with Crippen LogP contribution in [0.5, 0.6) is 0 Å². The van der Waals surface area contributed by atoms with E-state index in [0.717, 1.165) is 12.2 Å². The van der Waals surface area contributed by atoms with Gasteiger partial charge in [0.2, 0.25) is 5.91 Å². The van der Waals surface area contributed by atoms with Crippen molar-refractivity contribution >= 4 is 11.6 Å². The van der Waals surface area contributed by atoms with E-state index in [4.69, 9.17) is 0 Å². The molecule has 0 saturated carbocycles. The summed E-state index contributed by atoms with van der Waals surface area (Å²) < 4.78 is 0. The van der Waals surface area contributed by atoms with Gasteiger partial charge in [0, 0.05) is 25.2 Å². The van der Waals surface area contributed by atoms with Gasteiger partial charge in [0.15, 0.2) is 0 Å². The first-order valence-corrected chi connectivity index (χ1v) is 5.85. The van der Waals surface area contributed by atoms with Gasteiger partial charge in [-0.25, -0.2) is 0 Å². The summed E-state index contributed by atoms with van der Waals surface area (Å²) in [5.74, 6) is 0.0655. The minimum Gasteiger partial charge on any atom is -0.311 e. The maximum absolute atomic E-state index is 11.9. The van der Waals surface area contributed by atoms with Crippen LogP contribution in [0, 0.1) is 13.8 Å². The fraction of sp³-hybridized carbons (Fsp3) is 0.429. The number of hydrogen-bond donors (Lipinski definition) is 0. The van der Waals surface area contributed by atoms with E-state index in [1.54, 1.807) is 4.90 Å². The molecular formula is C14H21N2O. The van der Waals surface area contributed by atoms with Crippen molar-refractivity contribution in [2.24, 2.45) is 0 Å². The summed E-state index contributed by atoms with van der Waals surface area (Å²) in [4.78, 5) is 15.7. The minimum atomic E-state index is 0.0655. The lowest BCUT2D eigenvalue weighted by molar-refractivity contribution is -0.117. The van der Waals surface area contributed by atoms with E-state index in [1.165, 1.54) is 5.56 Å². The molecule has 0 aliphatic carbocycles. The van der Waals surface area contributed by atoms with Crippen molar-refractivity contribution < 1.29 is 4.79 Å². The zero-order valence-corrected chi connectivity index (χ0v) is 10.9. The molecule has 0 unspecified atom stereocenters. The number of anilines is 1. The molecule has 3 nitrogen and oxygen atoms in total. The lowest BCUT2D eigenvalue weighted by atomic mass is 10.2. The van der Waals surface area contributed by atoms with Crippen LogP contribution < -0.4 is 4.90 Å². The molecule has 93 valence electrons. The smallest absolute Gasteiger partial charge is 0.227 e. The highest BCUT2D eigenvalue weighted by Gasteiger charge is 2.13. The summed E-state index contributed by atoms with van der Waals surface area (Å²) in [6.45, 7) is 7.26. The molecule has 0 spiro atoms. The summed E-state index contributed by atoms with van der Waals surface area (Å²) in [5.41, 5.74) is 2.15. The highest BCUT2D eigenvalue weighted by Crippen LogP contribution is 2.15. The van der Waals surface area contributed by atoms with E-state index >= 15 is 0 Å². The molecule has 1 aromatic carbocycles. The summed E-state index contributed by atoms with van der Waals surface area (Å²) in [6, 6.07) is 8.01. The number of rotatable bonds is 5. The lowest BCUT2D eigenvalue weighted by Crippen LogP contribution is -2.36. The number of hydrogen-bond acceptors (Lipinski definition) is 2. The average molecular weight is 233 g/mol. The Morgan fingerprint density at radius 2 is 1.76 bits per heavy atom. The van der Waals surface area contributed by atoms with Gasteiger partial charge in [-0.2, -0.15) is 0 Å². The van der Waals surface area contributed by atoms with E-state index < -0.39 is 0 Å². The van der Waals surface area contributed by atoms with E-state index in [9.17, 15) is 4.79 Å². The Hall–Kier alpha value is -1.35. The van der Waals surface area contributed by atoms with Crippen molar-refractivity contribution in [1.29, 1.82) is 0 Å². The molecular weight excluding hydrogens is 212 g/mol. The van der Waals surface area contributed by atoms with Crippen LogP contribution in [-0.2, 0) is 4.79 Å². The third kappa shape index (κ3) is 4.19. The number of amides is 1. The Bertz CT molecular complexity index is 357. The van der Waals surface area contributed by atoms with Crippen molar-refractivity contribution in [1.82, 2.24) is 4.90 Å². The predicted molar refractivity (Wildman–Crippen MR) is 72.1 cm³/mol. The maximum Gasteiger partial charge on any atom is 0.227 e. The van der Waals surface area contributed by atoms with Crippen LogP contribution in [-0.4, -0.2) is 38.0 Å². The summed E-state index contributed by atoms with van der Waals surface area (Å²) in [5, 5.41) is 0. The lowest BCUT2D eigenvalue weighted by Gasteiger charge is -2.24. The standard InChI is InChI=1S/C14H21N2O/c1-5-14(17)16(11-10-15(3)4)13-8-6-12(2)7-9-13/h6-9H,1,5,10-11H2,2-4H3. The third-order valence-corrected chi connectivity index (χ3v) is 2.63. The van der Waals surface area contributed by atoms with Crippen molar-refractivity contribution in [3.8, 4) is 0 Å². The fourth-order valence-electron chi connectivity index (χ4n) is 1.56. The number of likely N-dealkylation sites (N-methyl/N-ethyl adjacent to an activating group) is 1. The largest absolute Gasteiger partial charge is 0.311 e. The molecule has 1 radical (unpaired) electrons. The topological polar surface area (TPSA) is 23.6 Å². The van der Waals surface area contributed by atoms with Gasteiger partial charge in [0.1, 0.15) is 0 Å². The van der Waals surface area contributed by atoms with E-state index in [2.05, 4.69) is 11.8 Å². The Morgan fingerprint density at radius 3 is 2.24 bits per heavy atom. The molecule has 1 aromatic rings.